The van der Waals surface area contributed by atoms with Crippen molar-refractivity contribution in [3.8, 4) is 16.5 Å². The van der Waals surface area contributed by atoms with Gasteiger partial charge in [0.1, 0.15) is 12.3 Å². The van der Waals surface area contributed by atoms with E-state index >= 15 is 0 Å². The first-order chi connectivity index (χ1) is 11.2. The van der Waals surface area contributed by atoms with Crippen LogP contribution in [-0.2, 0) is 11.3 Å². The first-order valence-electron chi connectivity index (χ1n) is 6.81. The van der Waals surface area contributed by atoms with E-state index in [0.717, 1.165) is 4.88 Å². The molecule has 0 saturated carbocycles. The molecule has 0 radical (unpaired) electrons. The number of hydrogen-bond donors (Lipinski definition) is 2. The van der Waals surface area contributed by atoms with Crippen molar-refractivity contribution in [1.82, 2.24) is 14.8 Å². The molecule has 8 heteroatoms. The number of hydrogen-bond acceptors (Lipinski definition) is 5. The van der Waals surface area contributed by atoms with E-state index in [9.17, 15) is 4.79 Å². The number of methoxy groups -OCH3 is 1. The molecule has 118 valence electrons. The normalized spacial score (nSPS) is 10.5. The number of aromatic amines is 1. The maximum absolute atomic E-state index is 12.3. The fraction of sp³-hybridized carbons (Fsp3) is 0.133. The number of carbonyl (C=O) groups is 1. The van der Waals surface area contributed by atoms with Gasteiger partial charge in [0, 0.05) is 0 Å². The fourth-order valence-electron chi connectivity index (χ4n) is 2.14. The molecule has 0 aliphatic heterocycles. The van der Waals surface area contributed by atoms with Gasteiger partial charge in [-0.15, -0.1) is 11.3 Å². The zero-order valence-electron chi connectivity index (χ0n) is 12.3. The zero-order chi connectivity index (χ0) is 16.2. The number of H-pyrrole nitrogens is 1. The van der Waals surface area contributed by atoms with Crippen LogP contribution in [0.4, 0.5) is 5.69 Å². The van der Waals surface area contributed by atoms with Crippen LogP contribution in [0.5, 0.6) is 5.75 Å². The van der Waals surface area contributed by atoms with Crippen molar-refractivity contribution in [2.45, 2.75) is 6.54 Å². The van der Waals surface area contributed by atoms with Gasteiger partial charge in [0.2, 0.25) is 5.91 Å². The lowest BCUT2D eigenvalue weighted by molar-refractivity contribution is -0.116. The number of anilines is 1. The molecular weight excluding hydrogens is 332 g/mol. The third-order valence-corrected chi connectivity index (χ3v) is 4.36. The van der Waals surface area contributed by atoms with Crippen LogP contribution < -0.4 is 10.1 Å². The van der Waals surface area contributed by atoms with Crippen LogP contribution >= 0.6 is 23.6 Å². The molecule has 0 aliphatic rings. The second-order valence-electron chi connectivity index (χ2n) is 4.66. The predicted molar refractivity (Wildman–Crippen MR) is 92.3 cm³/mol. The molecule has 0 fully saturated rings. The van der Waals surface area contributed by atoms with Crippen LogP contribution in [-0.4, -0.2) is 27.8 Å². The molecule has 3 rings (SSSR count). The van der Waals surface area contributed by atoms with Gasteiger partial charge >= 0.3 is 0 Å². The lowest BCUT2D eigenvalue weighted by Crippen LogP contribution is -2.19. The van der Waals surface area contributed by atoms with Gasteiger partial charge in [0.15, 0.2) is 10.6 Å². The van der Waals surface area contributed by atoms with E-state index in [2.05, 4.69) is 15.5 Å². The average Bonchev–Trinajstić information content (AvgIpc) is 3.19. The van der Waals surface area contributed by atoms with Crippen LogP contribution in [0.1, 0.15) is 0 Å². The summed E-state index contributed by atoms with van der Waals surface area (Å²) in [5.74, 6) is 1.06. The lowest BCUT2D eigenvalue weighted by atomic mass is 10.3. The maximum atomic E-state index is 12.3. The predicted octanol–water partition coefficient (Wildman–Crippen LogP) is 3.32. The molecule has 2 N–H and O–H groups in total. The monoisotopic (exact) mass is 346 g/mol. The molecule has 23 heavy (non-hydrogen) atoms. The Hall–Kier alpha value is -2.45. The smallest absolute Gasteiger partial charge is 0.244 e. The minimum absolute atomic E-state index is 0.0701. The minimum Gasteiger partial charge on any atom is -0.495 e. The Morgan fingerprint density at radius 1 is 1.39 bits per heavy atom. The largest absolute Gasteiger partial charge is 0.495 e. The highest BCUT2D eigenvalue weighted by atomic mass is 32.1. The number of nitrogens with one attached hydrogen (secondary N) is 2. The van der Waals surface area contributed by atoms with Gasteiger partial charge < -0.3 is 10.1 Å². The molecule has 0 aliphatic carbocycles. The Labute approximate surface area is 141 Å². The highest BCUT2D eigenvalue weighted by Gasteiger charge is 2.14. The topological polar surface area (TPSA) is 71.9 Å². The molecule has 1 aromatic carbocycles. The molecule has 3 aromatic rings. The molecule has 1 amide bonds. The summed E-state index contributed by atoms with van der Waals surface area (Å²) in [5, 5.41) is 11.7. The molecule has 0 unspecified atom stereocenters. The summed E-state index contributed by atoms with van der Waals surface area (Å²) in [6.45, 7) is 0.0701. The third kappa shape index (κ3) is 3.33. The third-order valence-electron chi connectivity index (χ3n) is 3.18. The van der Waals surface area contributed by atoms with E-state index in [0.29, 0.717) is 22.0 Å². The van der Waals surface area contributed by atoms with Crippen LogP contribution in [0.25, 0.3) is 10.7 Å². The maximum Gasteiger partial charge on any atom is 0.244 e. The quantitative estimate of drug-likeness (QED) is 0.695. The van der Waals surface area contributed by atoms with Crippen molar-refractivity contribution in [3.63, 3.8) is 0 Å². The molecule has 0 atom stereocenters. The zero-order valence-corrected chi connectivity index (χ0v) is 13.9. The van der Waals surface area contributed by atoms with E-state index < -0.39 is 0 Å². The molecular formula is C15H14N4O2S2. The van der Waals surface area contributed by atoms with E-state index in [-0.39, 0.29) is 12.5 Å². The number of nitrogens with zero attached hydrogens (tertiary/aromatic N) is 2. The first-order valence-corrected chi connectivity index (χ1v) is 8.10. The molecule has 6 nitrogen and oxygen atoms in total. The van der Waals surface area contributed by atoms with Gasteiger partial charge in [-0.25, -0.2) is 0 Å². The van der Waals surface area contributed by atoms with Crippen molar-refractivity contribution in [1.29, 1.82) is 0 Å². The number of rotatable bonds is 5. The van der Waals surface area contributed by atoms with Gasteiger partial charge in [-0.05, 0) is 35.8 Å². The van der Waals surface area contributed by atoms with E-state index in [1.165, 1.54) is 11.3 Å². The SMILES string of the molecule is COc1ccccc1NC(=O)Cn1c(-c2cccs2)n[nH]c1=S. The summed E-state index contributed by atoms with van der Waals surface area (Å²) < 4.78 is 7.31. The lowest BCUT2D eigenvalue weighted by Gasteiger charge is -2.10. The minimum atomic E-state index is -0.204. The van der Waals surface area contributed by atoms with Gasteiger partial charge in [-0.1, -0.05) is 18.2 Å². The number of amides is 1. The second kappa shape index (κ2) is 6.76. The van der Waals surface area contributed by atoms with E-state index in [1.807, 2.05) is 29.6 Å². The van der Waals surface area contributed by atoms with Crippen molar-refractivity contribution in [2.75, 3.05) is 12.4 Å². The van der Waals surface area contributed by atoms with Crippen molar-refractivity contribution >= 4 is 35.1 Å². The summed E-state index contributed by atoms with van der Waals surface area (Å²) >= 11 is 6.76. The number of thiophene rings is 1. The summed E-state index contributed by atoms with van der Waals surface area (Å²) in [5.41, 5.74) is 0.618. The van der Waals surface area contributed by atoms with Gasteiger partial charge in [-0.3, -0.25) is 14.5 Å². The Bertz CT molecular complexity index is 868. The Morgan fingerprint density at radius 3 is 2.96 bits per heavy atom. The molecule has 0 bridgehead atoms. The highest BCUT2D eigenvalue weighted by molar-refractivity contribution is 7.71. The summed E-state index contributed by atoms with van der Waals surface area (Å²) in [6, 6.07) is 11.1. The van der Waals surface area contributed by atoms with Crippen molar-refractivity contribution < 1.29 is 9.53 Å². The Morgan fingerprint density at radius 2 is 2.22 bits per heavy atom. The summed E-state index contributed by atoms with van der Waals surface area (Å²) in [6.07, 6.45) is 0. The standard InChI is InChI=1S/C15H14N4O2S2/c1-21-11-6-3-2-5-10(11)16-13(20)9-19-14(17-18-15(19)22)12-7-4-8-23-12/h2-8H,9H2,1H3,(H,16,20)(H,18,22). The van der Waals surface area contributed by atoms with Crippen molar-refractivity contribution in [3.05, 3.63) is 46.5 Å². The molecule has 2 heterocycles. The van der Waals surface area contributed by atoms with Crippen LogP contribution in [0.3, 0.4) is 0 Å². The van der Waals surface area contributed by atoms with Crippen LogP contribution in [0, 0.1) is 4.77 Å². The fourth-order valence-corrected chi connectivity index (χ4v) is 3.06. The van der Waals surface area contributed by atoms with Crippen molar-refractivity contribution in [2.24, 2.45) is 0 Å². The van der Waals surface area contributed by atoms with Gasteiger partial charge in [-0.2, -0.15) is 5.10 Å². The Kier molecular flexibility index (Phi) is 4.54. The molecule has 0 saturated heterocycles. The summed E-state index contributed by atoms with van der Waals surface area (Å²) in [7, 11) is 1.56. The van der Waals surface area contributed by atoms with Gasteiger partial charge in [0.25, 0.3) is 0 Å². The van der Waals surface area contributed by atoms with Gasteiger partial charge in [0.05, 0.1) is 17.7 Å². The van der Waals surface area contributed by atoms with E-state index in [4.69, 9.17) is 17.0 Å². The summed E-state index contributed by atoms with van der Waals surface area (Å²) in [4.78, 5) is 13.3. The number of carbonyl (C=O) groups excluding carboxylic acids is 1. The van der Waals surface area contributed by atoms with E-state index in [1.54, 1.807) is 23.8 Å². The number of aromatic nitrogens is 3. The number of benzene rings is 1. The number of para-hydroxylation sites is 2. The van der Waals surface area contributed by atoms with Crippen LogP contribution in [0.15, 0.2) is 41.8 Å². The second-order valence-corrected chi connectivity index (χ2v) is 6.00. The Balaban J connectivity index is 1.81. The first kappa shape index (κ1) is 15.4. The van der Waals surface area contributed by atoms with Crippen LogP contribution in [0.2, 0.25) is 0 Å². The molecule has 2 aromatic heterocycles. The molecule has 0 spiro atoms. The average molecular weight is 346 g/mol. The highest BCUT2D eigenvalue weighted by Crippen LogP contribution is 2.24. The number of ether oxygens (including phenoxy) is 1.